The molecule has 5 rings (SSSR count). The third-order valence-electron chi connectivity index (χ3n) is 9.38. The molecule has 250 valence electrons. The number of aliphatic hydroxyl groups is 1. The lowest BCUT2D eigenvalue weighted by molar-refractivity contribution is 0.0306. The fourth-order valence-electron chi connectivity index (χ4n) is 7.27. The van der Waals surface area contributed by atoms with E-state index < -0.39 is 25.3 Å². The Hall–Kier alpha value is -3.30. The van der Waals surface area contributed by atoms with Gasteiger partial charge in [-0.1, -0.05) is 65.3 Å². The van der Waals surface area contributed by atoms with Gasteiger partial charge >= 0.3 is 0 Å². The first kappa shape index (κ1) is 35.0. The van der Waals surface area contributed by atoms with Crippen LogP contribution in [0.3, 0.4) is 0 Å². The van der Waals surface area contributed by atoms with Crippen LogP contribution in [-0.2, 0) is 4.74 Å². The van der Waals surface area contributed by atoms with Gasteiger partial charge in [-0.2, -0.15) is 0 Å². The molecule has 0 amide bonds. The first-order valence-corrected chi connectivity index (χ1v) is 19.4. The fourth-order valence-corrected chi connectivity index (χ4v) is 12.8. The van der Waals surface area contributed by atoms with Crippen LogP contribution in [0, 0.1) is 30.0 Å². The van der Waals surface area contributed by atoms with Gasteiger partial charge in [0.05, 0.1) is 22.2 Å². The van der Waals surface area contributed by atoms with E-state index in [1.807, 2.05) is 11.2 Å². The number of aryl methyl sites for hydroxylation is 1. The Balaban J connectivity index is 1.85. The standard InChI is InChI=1S/C36H44F2N4O3SSi/c1-20(2)47(21(3)4,22(5)6)14-13-26-28(37)12-11-24-15-25(45-19-44-9)16-27(30(24)26)32-31(38)33-29(23(7)39-32)34(41-35(40-33)46-10)42-17-36(8,43)18-42/h11-12,15-16,20-22,43H,17-19H2,1-10H3. The average Bonchev–Trinajstić information content (AvgIpc) is 3.00. The number of nitrogens with zero attached hydrogens (tertiary/aromatic N) is 4. The van der Waals surface area contributed by atoms with Crippen molar-refractivity contribution in [3.05, 3.63) is 47.2 Å². The summed E-state index contributed by atoms with van der Waals surface area (Å²) in [6, 6.07) is 6.52. The summed E-state index contributed by atoms with van der Waals surface area (Å²) in [6.45, 7) is 17.5. The number of anilines is 1. The maximum atomic E-state index is 17.0. The zero-order chi connectivity index (χ0) is 34.4. The van der Waals surface area contributed by atoms with Crippen molar-refractivity contribution < 1.29 is 23.4 Å². The minimum Gasteiger partial charge on any atom is -0.468 e. The number of methoxy groups -OCH3 is 1. The van der Waals surface area contributed by atoms with E-state index in [1.54, 1.807) is 32.0 Å². The maximum absolute atomic E-state index is 17.0. The van der Waals surface area contributed by atoms with Crippen LogP contribution in [0.5, 0.6) is 5.75 Å². The van der Waals surface area contributed by atoms with Crippen molar-refractivity contribution in [3.8, 4) is 28.5 Å². The summed E-state index contributed by atoms with van der Waals surface area (Å²) in [4.78, 5) is 16.0. The number of β-amino-alcohol motifs (C(OH)–C–C–N with tert-alkyl or cyclic N) is 1. The van der Waals surface area contributed by atoms with Crippen LogP contribution >= 0.6 is 11.8 Å². The smallest absolute Gasteiger partial charge is 0.189 e. The summed E-state index contributed by atoms with van der Waals surface area (Å²) in [5, 5.41) is 12.4. The number of rotatable bonds is 9. The van der Waals surface area contributed by atoms with E-state index in [1.165, 1.54) is 24.9 Å². The maximum Gasteiger partial charge on any atom is 0.189 e. The second-order valence-corrected chi connectivity index (χ2v) is 20.0. The first-order valence-electron chi connectivity index (χ1n) is 16.0. The quantitative estimate of drug-likeness (QED) is 0.0623. The SMILES string of the molecule is COCOc1cc(-c2nc(C)c3c(N4CC(C)(O)C4)nc(SC)nc3c2F)c2c(C#C[Si](C(C)C)(C(C)C)C(C)C)c(F)ccc2c1. The van der Waals surface area contributed by atoms with Gasteiger partial charge < -0.3 is 19.5 Å². The third kappa shape index (κ3) is 6.33. The number of thioether (sulfide) groups is 1. The molecule has 4 aromatic rings. The van der Waals surface area contributed by atoms with Crippen molar-refractivity contribution in [2.24, 2.45) is 0 Å². The molecule has 2 aromatic heterocycles. The Morgan fingerprint density at radius 1 is 1.02 bits per heavy atom. The molecule has 0 unspecified atom stereocenters. The molecule has 0 bridgehead atoms. The second-order valence-electron chi connectivity index (χ2n) is 13.7. The summed E-state index contributed by atoms with van der Waals surface area (Å²) in [7, 11) is -0.719. The Kier molecular flexibility index (Phi) is 9.91. The van der Waals surface area contributed by atoms with E-state index in [-0.39, 0.29) is 23.6 Å². The Morgan fingerprint density at radius 3 is 2.26 bits per heavy atom. The number of hydrogen-bond acceptors (Lipinski definition) is 8. The van der Waals surface area contributed by atoms with Gasteiger partial charge in [-0.15, -0.1) is 5.54 Å². The minimum atomic E-state index is -2.24. The topological polar surface area (TPSA) is 80.6 Å². The highest BCUT2D eigenvalue weighted by Crippen LogP contribution is 2.43. The van der Waals surface area contributed by atoms with Gasteiger partial charge in [-0.25, -0.2) is 23.7 Å². The van der Waals surface area contributed by atoms with E-state index in [2.05, 4.69) is 63.0 Å². The number of hydrogen-bond donors (Lipinski definition) is 1. The van der Waals surface area contributed by atoms with Gasteiger partial charge in [0, 0.05) is 31.1 Å². The lowest BCUT2D eigenvalue weighted by atomic mass is 9.94. The van der Waals surface area contributed by atoms with Crippen LogP contribution in [-0.4, -0.2) is 67.0 Å². The monoisotopic (exact) mass is 678 g/mol. The first-order chi connectivity index (χ1) is 22.1. The van der Waals surface area contributed by atoms with E-state index in [0.29, 0.717) is 73.9 Å². The molecule has 0 aliphatic carbocycles. The van der Waals surface area contributed by atoms with Crippen molar-refractivity contribution in [1.29, 1.82) is 0 Å². The largest absolute Gasteiger partial charge is 0.468 e. The molecule has 1 N–H and O–H groups in total. The molecule has 2 aromatic carbocycles. The highest BCUT2D eigenvalue weighted by Gasteiger charge is 2.42. The summed E-state index contributed by atoms with van der Waals surface area (Å²) in [5.74, 6) is 3.13. The number of fused-ring (bicyclic) bond motifs is 2. The summed E-state index contributed by atoms with van der Waals surface area (Å²) in [6.07, 6.45) is 1.83. The molecule has 1 fully saturated rings. The van der Waals surface area contributed by atoms with Gasteiger partial charge in [-0.05, 0) is 60.3 Å². The number of benzene rings is 2. The normalized spacial score (nSPS) is 14.7. The highest BCUT2D eigenvalue weighted by molar-refractivity contribution is 7.98. The van der Waals surface area contributed by atoms with Crippen molar-refractivity contribution in [2.75, 3.05) is 38.1 Å². The van der Waals surface area contributed by atoms with Crippen LogP contribution in [0.4, 0.5) is 14.6 Å². The lowest BCUT2D eigenvalue weighted by Gasteiger charge is -2.45. The molecule has 0 saturated carbocycles. The molecular weight excluding hydrogens is 635 g/mol. The van der Waals surface area contributed by atoms with Gasteiger partial charge in [0.15, 0.2) is 17.8 Å². The number of ether oxygens (including phenoxy) is 2. The van der Waals surface area contributed by atoms with Gasteiger partial charge in [0.2, 0.25) is 0 Å². The molecule has 3 heterocycles. The molecule has 0 atom stereocenters. The van der Waals surface area contributed by atoms with Crippen molar-refractivity contribution in [1.82, 2.24) is 15.0 Å². The predicted molar refractivity (Wildman–Crippen MR) is 190 cm³/mol. The second kappa shape index (κ2) is 13.3. The van der Waals surface area contributed by atoms with Crippen LogP contribution in [0.15, 0.2) is 29.4 Å². The molecule has 0 radical (unpaired) electrons. The molecule has 0 spiro atoms. The fraction of sp³-hybridized carbons (Fsp3) is 0.472. The highest BCUT2D eigenvalue weighted by atomic mass is 32.2. The molecule has 7 nitrogen and oxygen atoms in total. The van der Waals surface area contributed by atoms with Crippen LogP contribution < -0.4 is 9.64 Å². The Bertz CT molecular complexity index is 1880. The summed E-state index contributed by atoms with van der Waals surface area (Å²) < 4.78 is 43.9. The van der Waals surface area contributed by atoms with Gasteiger partial charge in [-0.3, -0.25) is 0 Å². The van der Waals surface area contributed by atoms with E-state index in [0.717, 1.165) is 0 Å². The molecule has 1 aliphatic rings. The number of pyridine rings is 1. The molecule has 11 heteroatoms. The van der Waals surface area contributed by atoms with Gasteiger partial charge in [0.25, 0.3) is 0 Å². The van der Waals surface area contributed by atoms with Crippen molar-refractivity contribution >= 4 is 47.3 Å². The van der Waals surface area contributed by atoms with Crippen molar-refractivity contribution in [2.45, 2.75) is 82.8 Å². The van der Waals surface area contributed by atoms with Crippen LogP contribution in [0.1, 0.15) is 59.7 Å². The summed E-state index contributed by atoms with van der Waals surface area (Å²) >= 11 is 1.30. The number of halogens is 2. The Labute approximate surface area is 281 Å². The van der Waals surface area contributed by atoms with Crippen LogP contribution in [0.2, 0.25) is 16.6 Å². The average molecular weight is 679 g/mol. The Morgan fingerprint density at radius 2 is 1.68 bits per heavy atom. The molecule has 1 saturated heterocycles. The lowest BCUT2D eigenvalue weighted by Crippen LogP contribution is -2.60. The zero-order valence-electron chi connectivity index (χ0n) is 28.9. The minimum absolute atomic E-state index is 0.0175. The van der Waals surface area contributed by atoms with Gasteiger partial charge in [0.1, 0.15) is 36.7 Å². The molecule has 1 aliphatic heterocycles. The zero-order valence-corrected chi connectivity index (χ0v) is 30.7. The van der Waals surface area contributed by atoms with Crippen molar-refractivity contribution in [3.63, 3.8) is 0 Å². The number of aromatic nitrogens is 3. The molecular formula is C36H44F2N4O3SSi. The van der Waals surface area contributed by atoms with E-state index >= 15 is 8.78 Å². The van der Waals surface area contributed by atoms with E-state index in [4.69, 9.17) is 14.5 Å². The van der Waals surface area contributed by atoms with E-state index in [9.17, 15) is 5.11 Å². The van der Waals surface area contributed by atoms with Crippen LogP contribution in [0.25, 0.3) is 32.9 Å². The predicted octanol–water partition coefficient (Wildman–Crippen LogP) is 8.28. The molecule has 47 heavy (non-hydrogen) atoms. The third-order valence-corrected chi connectivity index (χ3v) is 16.2. The summed E-state index contributed by atoms with van der Waals surface area (Å²) in [5.41, 5.74) is 5.03.